The number of carboxylic acids is 1. The third-order valence-corrected chi connectivity index (χ3v) is 5.38. The Balaban J connectivity index is 0.00000320. The fourth-order valence-corrected chi connectivity index (χ4v) is 3.61. The smallest absolute Gasteiger partial charge is 0.317 e. The Morgan fingerprint density at radius 2 is 1.78 bits per heavy atom. The second-order valence-electron chi connectivity index (χ2n) is 8.00. The number of nitrogens with one attached hydrogen (secondary N) is 2. The fourth-order valence-electron chi connectivity index (χ4n) is 3.61. The van der Waals surface area contributed by atoms with Crippen LogP contribution >= 0.6 is 12.4 Å². The van der Waals surface area contributed by atoms with Crippen molar-refractivity contribution in [2.24, 2.45) is 0 Å². The van der Waals surface area contributed by atoms with Crippen LogP contribution in [0.25, 0.3) is 22.4 Å². The number of halogens is 1. The van der Waals surface area contributed by atoms with E-state index in [2.05, 4.69) is 25.6 Å². The number of fused-ring (bicyclic) bond motifs is 1. The molecule has 0 aliphatic heterocycles. The molecule has 10 heteroatoms. The van der Waals surface area contributed by atoms with Gasteiger partial charge in [0, 0.05) is 11.1 Å². The van der Waals surface area contributed by atoms with E-state index in [0.29, 0.717) is 41.7 Å². The van der Waals surface area contributed by atoms with Crippen molar-refractivity contribution in [2.45, 2.75) is 13.2 Å². The molecule has 3 heterocycles. The lowest BCUT2D eigenvalue weighted by Gasteiger charge is -2.10. The van der Waals surface area contributed by atoms with Crippen LogP contribution in [0, 0.1) is 0 Å². The Morgan fingerprint density at radius 3 is 2.57 bits per heavy atom. The lowest BCUT2D eigenvalue weighted by Crippen LogP contribution is -2.21. The number of aliphatic carboxylic acids is 1. The Morgan fingerprint density at radius 1 is 0.973 bits per heavy atom. The van der Waals surface area contributed by atoms with Crippen LogP contribution in [0.2, 0.25) is 0 Å². The zero-order valence-electron chi connectivity index (χ0n) is 19.6. The molecule has 0 aliphatic carbocycles. The van der Waals surface area contributed by atoms with Gasteiger partial charge in [-0.15, -0.1) is 12.4 Å². The number of nitrogens with zero attached hydrogens (tertiary/aromatic N) is 3. The van der Waals surface area contributed by atoms with E-state index >= 15 is 0 Å². The topological polar surface area (TPSA) is 122 Å². The van der Waals surface area contributed by atoms with Crippen molar-refractivity contribution in [3.8, 4) is 17.2 Å². The van der Waals surface area contributed by atoms with Crippen molar-refractivity contribution >= 4 is 40.8 Å². The SMILES string of the molecule is Cl.O=C(O)CNCc1ccc(-c2cc3c(Nc4ccc(OCc5ccccc5)cc4)ncnc3cn2)o1. The van der Waals surface area contributed by atoms with Crippen molar-refractivity contribution in [1.29, 1.82) is 0 Å². The first-order valence-corrected chi connectivity index (χ1v) is 11.3. The second kappa shape index (κ2) is 12.0. The summed E-state index contributed by atoms with van der Waals surface area (Å²) in [6.45, 7) is 0.668. The third-order valence-electron chi connectivity index (χ3n) is 5.38. The highest BCUT2D eigenvalue weighted by atomic mass is 35.5. The van der Waals surface area contributed by atoms with Gasteiger partial charge >= 0.3 is 5.97 Å². The molecule has 0 saturated heterocycles. The summed E-state index contributed by atoms with van der Waals surface area (Å²) in [7, 11) is 0. The summed E-state index contributed by atoms with van der Waals surface area (Å²) in [5, 5.41) is 15.7. The Kier molecular flexibility index (Phi) is 8.29. The van der Waals surface area contributed by atoms with Gasteiger partial charge in [0.1, 0.15) is 36.0 Å². The Hall–Kier alpha value is -4.47. The van der Waals surface area contributed by atoms with Crippen LogP contribution in [-0.4, -0.2) is 32.6 Å². The van der Waals surface area contributed by atoms with Gasteiger partial charge in [0.2, 0.25) is 0 Å². The Bertz CT molecular complexity index is 1480. The zero-order chi connectivity index (χ0) is 24.7. The number of carboxylic acid groups (broad SMARTS) is 1. The number of furan rings is 1. The fraction of sp³-hybridized carbons (Fsp3) is 0.111. The number of ether oxygens (including phenoxy) is 1. The molecule has 188 valence electrons. The first kappa shape index (κ1) is 25.6. The molecule has 0 atom stereocenters. The average Bonchev–Trinajstić information content (AvgIpc) is 3.38. The van der Waals surface area contributed by atoms with Gasteiger partial charge in [0.15, 0.2) is 5.76 Å². The number of rotatable bonds is 10. The van der Waals surface area contributed by atoms with Crippen LogP contribution in [0.3, 0.4) is 0 Å². The average molecular weight is 518 g/mol. The number of carbonyl (C=O) groups is 1. The van der Waals surface area contributed by atoms with E-state index in [-0.39, 0.29) is 19.0 Å². The van der Waals surface area contributed by atoms with Gasteiger partial charge in [0.05, 0.1) is 24.8 Å². The molecule has 0 spiro atoms. The molecule has 0 fully saturated rings. The predicted octanol–water partition coefficient (Wildman–Crippen LogP) is 5.20. The monoisotopic (exact) mass is 517 g/mol. The number of hydrogen-bond donors (Lipinski definition) is 3. The van der Waals surface area contributed by atoms with Crippen molar-refractivity contribution in [2.75, 3.05) is 11.9 Å². The molecule has 9 nitrogen and oxygen atoms in total. The van der Waals surface area contributed by atoms with Gasteiger partial charge in [-0.2, -0.15) is 0 Å². The number of pyridine rings is 1. The van der Waals surface area contributed by atoms with E-state index in [0.717, 1.165) is 22.4 Å². The van der Waals surface area contributed by atoms with Crippen molar-refractivity contribution in [1.82, 2.24) is 20.3 Å². The summed E-state index contributed by atoms with van der Waals surface area (Å²) < 4.78 is 11.7. The molecule has 3 aromatic heterocycles. The van der Waals surface area contributed by atoms with E-state index in [1.807, 2.05) is 60.7 Å². The van der Waals surface area contributed by atoms with Gasteiger partial charge in [-0.1, -0.05) is 30.3 Å². The molecule has 0 unspecified atom stereocenters. The molecule has 2 aromatic carbocycles. The number of anilines is 2. The van der Waals surface area contributed by atoms with Crippen LogP contribution in [-0.2, 0) is 17.9 Å². The number of benzene rings is 2. The Labute approximate surface area is 219 Å². The van der Waals surface area contributed by atoms with Gasteiger partial charge in [-0.05, 0) is 48.0 Å². The first-order chi connectivity index (χ1) is 17.6. The molecule has 0 amide bonds. The molecule has 5 aromatic rings. The molecule has 3 N–H and O–H groups in total. The highest BCUT2D eigenvalue weighted by molar-refractivity contribution is 5.92. The molecule has 0 aliphatic rings. The van der Waals surface area contributed by atoms with Crippen LogP contribution in [0.4, 0.5) is 11.5 Å². The molecule has 0 radical (unpaired) electrons. The van der Waals surface area contributed by atoms with Crippen molar-refractivity contribution in [3.63, 3.8) is 0 Å². The quantitative estimate of drug-likeness (QED) is 0.229. The lowest BCUT2D eigenvalue weighted by molar-refractivity contribution is -0.136. The van der Waals surface area contributed by atoms with E-state index < -0.39 is 5.97 Å². The molecular formula is C27H24ClN5O4. The number of hydrogen-bond acceptors (Lipinski definition) is 8. The van der Waals surface area contributed by atoms with Gasteiger partial charge in [-0.25, -0.2) is 9.97 Å². The van der Waals surface area contributed by atoms with Crippen molar-refractivity contribution < 1.29 is 19.1 Å². The second-order valence-corrected chi connectivity index (χ2v) is 8.00. The maximum atomic E-state index is 10.7. The highest BCUT2D eigenvalue weighted by Crippen LogP contribution is 2.28. The number of aromatic nitrogens is 3. The zero-order valence-corrected chi connectivity index (χ0v) is 20.4. The molecule has 0 bridgehead atoms. The summed E-state index contributed by atoms with van der Waals surface area (Å²) >= 11 is 0. The minimum atomic E-state index is -0.924. The standard InChI is InChI=1S/C27H23N5O4.ClH/c33-26(34)15-28-13-21-10-11-25(36-21)23-12-22-24(14-29-23)30-17-31-27(22)32-19-6-8-20(9-7-19)35-16-18-4-2-1-3-5-18;/h1-12,14,17,28H,13,15-16H2,(H,33,34)(H,30,31,32);1H. The van der Waals surface area contributed by atoms with E-state index in [9.17, 15) is 4.79 Å². The molecule has 0 saturated carbocycles. The van der Waals surface area contributed by atoms with Crippen LogP contribution in [0.15, 0.2) is 89.7 Å². The molecule has 5 rings (SSSR count). The summed E-state index contributed by atoms with van der Waals surface area (Å²) in [5.74, 6) is 1.67. The molecule has 37 heavy (non-hydrogen) atoms. The van der Waals surface area contributed by atoms with Crippen LogP contribution in [0.5, 0.6) is 5.75 Å². The molecular weight excluding hydrogens is 494 g/mol. The van der Waals surface area contributed by atoms with Gasteiger partial charge in [0.25, 0.3) is 0 Å². The summed E-state index contributed by atoms with van der Waals surface area (Å²) in [5.41, 5.74) is 3.27. The van der Waals surface area contributed by atoms with Crippen LogP contribution in [0.1, 0.15) is 11.3 Å². The van der Waals surface area contributed by atoms with Gasteiger partial charge in [-0.3, -0.25) is 15.1 Å². The van der Waals surface area contributed by atoms with Crippen LogP contribution < -0.4 is 15.4 Å². The summed E-state index contributed by atoms with van der Waals surface area (Å²) in [6.07, 6.45) is 3.16. The van der Waals surface area contributed by atoms with Gasteiger partial charge < -0.3 is 19.6 Å². The normalized spacial score (nSPS) is 10.6. The lowest BCUT2D eigenvalue weighted by atomic mass is 10.2. The maximum absolute atomic E-state index is 10.7. The minimum Gasteiger partial charge on any atom is -0.489 e. The van der Waals surface area contributed by atoms with E-state index in [1.165, 1.54) is 6.33 Å². The van der Waals surface area contributed by atoms with E-state index in [4.69, 9.17) is 14.3 Å². The maximum Gasteiger partial charge on any atom is 0.317 e. The largest absolute Gasteiger partial charge is 0.489 e. The third kappa shape index (κ3) is 6.60. The van der Waals surface area contributed by atoms with E-state index in [1.54, 1.807) is 18.3 Å². The predicted molar refractivity (Wildman–Crippen MR) is 142 cm³/mol. The minimum absolute atomic E-state index is 0. The first-order valence-electron chi connectivity index (χ1n) is 11.3. The van der Waals surface area contributed by atoms with Crippen molar-refractivity contribution in [3.05, 3.63) is 96.6 Å². The summed E-state index contributed by atoms with van der Waals surface area (Å²) in [6, 6.07) is 23.1. The highest BCUT2D eigenvalue weighted by Gasteiger charge is 2.11. The summed E-state index contributed by atoms with van der Waals surface area (Å²) in [4.78, 5) is 23.9.